The highest BCUT2D eigenvalue weighted by molar-refractivity contribution is 5.73. The Bertz CT molecular complexity index is 52.8. The van der Waals surface area contributed by atoms with Crippen LogP contribution in [0.4, 0.5) is 0 Å². The molecule has 0 fully saturated rings. The van der Waals surface area contributed by atoms with E-state index in [-0.39, 0.29) is 13.0 Å². The summed E-state index contributed by atoms with van der Waals surface area (Å²) in [5.41, 5.74) is 11.1. The van der Waals surface area contributed by atoms with Crippen molar-refractivity contribution in [2.24, 2.45) is 5.73 Å². The minimum absolute atomic E-state index is 0.106. The highest BCUT2D eigenvalue weighted by Gasteiger charge is 1.85. The number of hydrogen-bond donors (Lipinski definition) is 1. The summed E-state index contributed by atoms with van der Waals surface area (Å²) >= 11 is 0. The lowest BCUT2D eigenvalue weighted by Crippen LogP contribution is -2.11. The standard InChI is InChI=1S/C3H7N2O/c4-2-1-3(5)6/h4H,1-2H2,(H2,5,6). The molecule has 1 amide bonds. The third-order valence-electron chi connectivity index (χ3n) is 0.371. The van der Waals surface area contributed by atoms with Crippen molar-refractivity contribution in [2.75, 3.05) is 6.54 Å². The maximum atomic E-state index is 9.70. The predicted octanol–water partition coefficient (Wildman–Crippen LogP) is -0.855. The van der Waals surface area contributed by atoms with Crippen LogP contribution in [0, 0.1) is 0 Å². The Labute approximate surface area is 36.3 Å². The molecule has 0 unspecified atom stereocenters. The number of nitrogens with two attached hydrogens (primary N) is 1. The van der Waals surface area contributed by atoms with Crippen LogP contribution in [0.3, 0.4) is 0 Å². The summed E-state index contributed by atoms with van der Waals surface area (Å²) < 4.78 is 0. The maximum absolute atomic E-state index is 9.70. The van der Waals surface area contributed by atoms with Gasteiger partial charge in [-0.2, -0.15) is 0 Å². The molecule has 3 N–H and O–H groups in total. The van der Waals surface area contributed by atoms with E-state index in [4.69, 9.17) is 5.73 Å². The Balaban J connectivity index is 2.83. The molecule has 0 atom stereocenters. The van der Waals surface area contributed by atoms with Crippen LogP contribution in [0.2, 0.25) is 0 Å². The third-order valence-corrected chi connectivity index (χ3v) is 0.371. The first-order valence-corrected chi connectivity index (χ1v) is 1.70. The van der Waals surface area contributed by atoms with E-state index in [1.807, 2.05) is 0 Å². The molecule has 0 aliphatic carbocycles. The second-order valence-corrected chi connectivity index (χ2v) is 0.966. The molecule has 6 heavy (non-hydrogen) atoms. The average Bonchev–Trinajstić information content (AvgIpc) is 1.35. The fourth-order valence-electron chi connectivity index (χ4n) is 0.123. The van der Waals surface area contributed by atoms with Crippen LogP contribution in [0.15, 0.2) is 0 Å². The van der Waals surface area contributed by atoms with Gasteiger partial charge in [0.15, 0.2) is 0 Å². The molecule has 0 rings (SSSR count). The maximum Gasteiger partial charge on any atom is 0.218 e. The van der Waals surface area contributed by atoms with E-state index in [1.165, 1.54) is 0 Å². The molecule has 1 radical (unpaired) electrons. The lowest BCUT2D eigenvalue weighted by Gasteiger charge is -1.81. The number of hydrogen-bond acceptors (Lipinski definition) is 1. The topological polar surface area (TPSA) is 66.9 Å². The number of carbonyl (C=O) groups excluding carboxylic acids is 1. The van der Waals surface area contributed by atoms with Gasteiger partial charge in [0.1, 0.15) is 0 Å². The van der Waals surface area contributed by atoms with E-state index in [0.717, 1.165) is 0 Å². The van der Waals surface area contributed by atoms with Gasteiger partial charge in [0.2, 0.25) is 5.91 Å². The Morgan fingerprint density at radius 2 is 2.33 bits per heavy atom. The van der Waals surface area contributed by atoms with Gasteiger partial charge in [-0.05, 0) is 0 Å². The molecule has 0 aliphatic rings. The number of rotatable bonds is 2. The Kier molecular flexibility index (Phi) is 2.40. The highest BCUT2D eigenvalue weighted by atomic mass is 16.1. The molecule has 0 spiro atoms. The molecule has 0 aromatic rings. The van der Waals surface area contributed by atoms with Gasteiger partial charge in [-0.3, -0.25) is 10.5 Å². The normalized spacial score (nSPS) is 8.17. The Morgan fingerprint density at radius 3 is 2.33 bits per heavy atom. The number of carbonyl (C=O) groups is 1. The molecule has 35 valence electrons. The second kappa shape index (κ2) is 2.66. The molecular formula is C3H7N2O. The van der Waals surface area contributed by atoms with E-state index in [0.29, 0.717) is 0 Å². The van der Waals surface area contributed by atoms with Gasteiger partial charge in [-0.15, -0.1) is 0 Å². The summed E-state index contributed by atoms with van der Waals surface area (Å²) in [6.07, 6.45) is 0.181. The van der Waals surface area contributed by atoms with E-state index < -0.39 is 5.91 Å². The number of amides is 1. The summed E-state index contributed by atoms with van der Waals surface area (Å²) in [5, 5.41) is 0. The monoisotopic (exact) mass is 87.1 g/mol. The van der Waals surface area contributed by atoms with Gasteiger partial charge in [0.25, 0.3) is 0 Å². The van der Waals surface area contributed by atoms with E-state index in [1.54, 1.807) is 0 Å². The van der Waals surface area contributed by atoms with Crippen molar-refractivity contribution in [3.05, 3.63) is 0 Å². The molecule has 0 aromatic carbocycles. The molecule has 0 heterocycles. The summed E-state index contributed by atoms with van der Waals surface area (Å²) in [4.78, 5) is 9.70. The first-order chi connectivity index (χ1) is 2.77. The van der Waals surface area contributed by atoms with Crippen LogP contribution >= 0.6 is 0 Å². The summed E-state index contributed by atoms with van der Waals surface area (Å²) in [6.45, 7) is 0.106. The molecule has 0 bridgehead atoms. The smallest absolute Gasteiger partial charge is 0.218 e. The van der Waals surface area contributed by atoms with Crippen molar-refractivity contribution >= 4 is 5.91 Å². The van der Waals surface area contributed by atoms with Crippen LogP contribution in [-0.2, 0) is 4.79 Å². The first-order valence-electron chi connectivity index (χ1n) is 1.70. The fraction of sp³-hybridized carbons (Fsp3) is 0.667. The first kappa shape index (κ1) is 5.43. The lowest BCUT2D eigenvalue weighted by atomic mass is 10.4. The van der Waals surface area contributed by atoms with Gasteiger partial charge in [0.05, 0.1) is 0 Å². The summed E-state index contributed by atoms with van der Waals surface area (Å²) in [7, 11) is 0. The quantitative estimate of drug-likeness (QED) is 0.468. The van der Waals surface area contributed by atoms with E-state index >= 15 is 0 Å². The molecule has 3 nitrogen and oxygen atoms in total. The van der Waals surface area contributed by atoms with Gasteiger partial charge >= 0.3 is 0 Å². The molecular weight excluding hydrogens is 80.0 g/mol. The van der Waals surface area contributed by atoms with Crippen molar-refractivity contribution in [3.63, 3.8) is 0 Å². The lowest BCUT2D eigenvalue weighted by molar-refractivity contribution is -0.117. The minimum atomic E-state index is -0.398. The fourth-order valence-corrected chi connectivity index (χ4v) is 0.123. The third kappa shape index (κ3) is 3.43. The number of nitrogens with one attached hydrogen (secondary N) is 1. The van der Waals surface area contributed by atoms with Crippen LogP contribution in [0.5, 0.6) is 0 Å². The zero-order valence-electron chi connectivity index (χ0n) is 3.40. The Morgan fingerprint density at radius 1 is 1.83 bits per heavy atom. The zero-order chi connectivity index (χ0) is 4.99. The zero-order valence-corrected chi connectivity index (χ0v) is 3.40. The van der Waals surface area contributed by atoms with E-state index in [2.05, 4.69) is 5.73 Å². The summed E-state index contributed by atoms with van der Waals surface area (Å²) in [5.74, 6) is -0.398. The Hall–Kier alpha value is -0.570. The summed E-state index contributed by atoms with van der Waals surface area (Å²) in [6, 6.07) is 0. The van der Waals surface area contributed by atoms with Crippen LogP contribution < -0.4 is 11.5 Å². The molecule has 0 aromatic heterocycles. The number of primary amides is 1. The van der Waals surface area contributed by atoms with Gasteiger partial charge in [-0.1, -0.05) is 0 Å². The molecule has 3 heteroatoms. The van der Waals surface area contributed by atoms with Crippen molar-refractivity contribution in [1.82, 2.24) is 5.73 Å². The van der Waals surface area contributed by atoms with E-state index in [9.17, 15) is 4.79 Å². The molecule has 0 saturated carbocycles. The second-order valence-electron chi connectivity index (χ2n) is 0.966. The van der Waals surface area contributed by atoms with Gasteiger partial charge < -0.3 is 5.73 Å². The predicted molar refractivity (Wildman–Crippen MR) is 21.8 cm³/mol. The van der Waals surface area contributed by atoms with Crippen LogP contribution in [0.25, 0.3) is 0 Å². The van der Waals surface area contributed by atoms with Crippen LogP contribution in [-0.4, -0.2) is 12.5 Å². The van der Waals surface area contributed by atoms with Gasteiger partial charge in [-0.25, -0.2) is 0 Å². The van der Waals surface area contributed by atoms with Crippen molar-refractivity contribution in [3.8, 4) is 0 Å². The average molecular weight is 87.1 g/mol. The van der Waals surface area contributed by atoms with Crippen molar-refractivity contribution in [2.45, 2.75) is 6.42 Å². The van der Waals surface area contributed by atoms with Crippen LogP contribution in [0.1, 0.15) is 6.42 Å². The largest absolute Gasteiger partial charge is 0.370 e. The van der Waals surface area contributed by atoms with Crippen molar-refractivity contribution in [1.29, 1.82) is 0 Å². The van der Waals surface area contributed by atoms with Gasteiger partial charge in [0, 0.05) is 13.0 Å². The molecule has 0 aliphatic heterocycles. The SMILES string of the molecule is [NH]CCC(N)=O. The van der Waals surface area contributed by atoms with Crippen molar-refractivity contribution < 1.29 is 4.79 Å². The highest BCUT2D eigenvalue weighted by Crippen LogP contribution is 1.65. The molecule has 0 saturated heterocycles. The minimum Gasteiger partial charge on any atom is -0.370 e.